The standard InChI is InChI=1S/C15H20BrNO4/c1-9-5-6-11(16)10(7-9)8-12(13(18)19)17-14(20)21-15(2,3)4/h5-7,12H,8H2,1-4H3,(H,17,20)(H,18,19)/t12-/m0/s1. The second-order valence-electron chi connectivity index (χ2n) is 5.84. The molecular formula is C15H20BrNO4. The van der Waals surface area contributed by atoms with E-state index < -0.39 is 23.7 Å². The summed E-state index contributed by atoms with van der Waals surface area (Å²) >= 11 is 3.39. The Kier molecular flexibility index (Phi) is 5.78. The fourth-order valence-corrected chi connectivity index (χ4v) is 2.14. The van der Waals surface area contributed by atoms with E-state index >= 15 is 0 Å². The summed E-state index contributed by atoms with van der Waals surface area (Å²) in [5, 5.41) is 11.6. The van der Waals surface area contributed by atoms with Gasteiger partial charge in [-0.25, -0.2) is 9.59 Å². The minimum absolute atomic E-state index is 0.177. The van der Waals surface area contributed by atoms with Crippen molar-refractivity contribution in [2.24, 2.45) is 0 Å². The maximum Gasteiger partial charge on any atom is 0.408 e. The van der Waals surface area contributed by atoms with Gasteiger partial charge < -0.3 is 15.2 Å². The monoisotopic (exact) mass is 357 g/mol. The van der Waals surface area contributed by atoms with Crippen LogP contribution in [-0.4, -0.2) is 28.8 Å². The molecule has 0 aromatic heterocycles. The molecule has 0 unspecified atom stereocenters. The molecule has 2 N–H and O–H groups in total. The van der Waals surface area contributed by atoms with E-state index in [4.69, 9.17) is 4.74 Å². The van der Waals surface area contributed by atoms with Gasteiger partial charge >= 0.3 is 12.1 Å². The molecule has 0 radical (unpaired) electrons. The van der Waals surface area contributed by atoms with E-state index in [1.165, 1.54) is 0 Å². The van der Waals surface area contributed by atoms with E-state index in [9.17, 15) is 14.7 Å². The summed E-state index contributed by atoms with van der Waals surface area (Å²) < 4.78 is 5.90. The minimum atomic E-state index is -1.10. The lowest BCUT2D eigenvalue weighted by molar-refractivity contribution is -0.139. The summed E-state index contributed by atoms with van der Waals surface area (Å²) in [4.78, 5) is 23.0. The first-order valence-corrected chi connectivity index (χ1v) is 7.35. The third-order valence-corrected chi connectivity index (χ3v) is 3.39. The molecule has 0 saturated heterocycles. The zero-order chi connectivity index (χ0) is 16.2. The van der Waals surface area contributed by atoms with Crippen molar-refractivity contribution in [3.05, 3.63) is 33.8 Å². The zero-order valence-electron chi connectivity index (χ0n) is 12.6. The Bertz CT molecular complexity index is 537. The molecule has 1 aromatic carbocycles. The van der Waals surface area contributed by atoms with Gasteiger partial charge in [0.15, 0.2) is 0 Å². The Hall–Kier alpha value is -1.56. The molecule has 1 rings (SSSR count). The number of benzene rings is 1. The molecule has 0 aliphatic heterocycles. The predicted octanol–water partition coefficient (Wildman–Crippen LogP) is 3.28. The predicted molar refractivity (Wildman–Crippen MR) is 83.4 cm³/mol. The molecule has 116 valence electrons. The van der Waals surface area contributed by atoms with Crippen LogP contribution in [0.4, 0.5) is 4.79 Å². The largest absolute Gasteiger partial charge is 0.480 e. The van der Waals surface area contributed by atoms with Gasteiger partial charge in [0.05, 0.1) is 0 Å². The lowest BCUT2D eigenvalue weighted by atomic mass is 10.0. The topological polar surface area (TPSA) is 75.6 Å². The fourth-order valence-electron chi connectivity index (χ4n) is 1.73. The second-order valence-corrected chi connectivity index (χ2v) is 6.69. The van der Waals surface area contributed by atoms with Gasteiger partial charge in [-0.05, 0) is 39.3 Å². The van der Waals surface area contributed by atoms with E-state index in [-0.39, 0.29) is 6.42 Å². The van der Waals surface area contributed by atoms with Crippen molar-refractivity contribution in [1.82, 2.24) is 5.32 Å². The van der Waals surface area contributed by atoms with Gasteiger partial charge in [-0.1, -0.05) is 33.6 Å². The SMILES string of the molecule is Cc1ccc(Br)c(C[C@H](NC(=O)OC(C)(C)C)C(=O)O)c1. The summed E-state index contributed by atoms with van der Waals surface area (Å²) in [5.74, 6) is -1.10. The van der Waals surface area contributed by atoms with Gasteiger partial charge in [0.1, 0.15) is 11.6 Å². The molecular weight excluding hydrogens is 338 g/mol. The summed E-state index contributed by atoms with van der Waals surface area (Å²) in [7, 11) is 0. The van der Waals surface area contributed by atoms with Crippen molar-refractivity contribution in [2.75, 3.05) is 0 Å². The Morgan fingerprint density at radius 1 is 1.38 bits per heavy atom. The van der Waals surface area contributed by atoms with Crippen molar-refractivity contribution < 1.29 is 19.4 Å². The summed E-state index contributed by atoms with van der Waals surface area (Å²) in [6.07, 6.45) is -0.560. The highest BCUT2D eigenvalue weighted by molar-refractivity contribution is 9.10. The Balaban J connectivity index is 2.81. The van der Waals surface area contributed by atoms with Crippen LogP contribution in [-0.2, 0) is 16.0 Å². The Labute approximate surface area is 132 Å². The number of aryl methyl sites for hydroxylation is 1. The summed E-state index contributed by atoms with van der Waals surface area (Å²) in [5.41, 5.74) is 1.17. The van der Waals surface area contributed by atoms with Crippen LogP contribution >= 0.6 is 15.9 Å². The molecule has 1 aromatic rings. The molecule has 0 heterocycles. The number of rotatable bonds is 4. The minimum Gasteiger partial charge on any atom is -0.480 e. The number of alkyl carbamates (subject to hydrolysis) is 1. The number of halogens is 1. The summed E-state index contributed by atoms with van der Waals surface area (Å²) in [6.45, 7) is 7.09. The molecule has 6 heteroatoms. The first-order chi connectivity index (χ1) is 9.58. The Morgan fingerprint density at radius 2 is 2.00 bits per heavy atom. The highest BCUT2D eigenvalue weighted by Gasteiger charge is 2.24. The number of carbonyl (C=O) groups excluding carboxylic acids is 1. The van der Waals surface area contributed by atoms with Crippen LogP contribution in [0.1, 0.15) is 31.9 Å². The van der Waals surface area contributed by atoms with Gasteiger partial charge in [0, 0.05) is 10.9 Å². The first kappa shape index (κ1) is 17.5. The maximum atomic E-state index is 11.7. The Morgan fingerprint density at radius 3 is 2.52 bits per heavy atom. The van der Waals surface area contributed by atoms with Gasteiger partial charge in [0.2, 0.25) is 0 Å². The van der Waals surface area contributed by atoms with Crippen LogP contribution < -0.4 is 5.32 Å². The molecule has 0 aliphatic rings. The third kappa shape index (κ3) is 6.16. The number of nitrogens with one attached hydrogen (secondary N) is 1. The van der Waals surface area contributed by atoms with Crippen molar-refractivity contribution in [3.63, 3.8) is 0 Å². The van der Waals surface area contributed by atoms with E-state index in [1.807, 2.05) is 25.1 Å². The van der Waals surface area contributed by atoms with Crippen LogP contribution in [0.5, 0.6) is 0 Å². The highest BCUT2D eigenvalue weighted by atomic mass is 79.9. The molecule has 0 spiro atoms. The van der Waals surface area contributed by atoms with Gasteiger partial charge in [-0.15, -0.1) is 0 Å². The third-order valence-electron chi connectivity index (χ3n) is 2.61. The van der Waals surface area contributed by atoms with Crippen LogP contribution in [0.15, 0.2) is 22.7 Å². The van der Waals surface area contributed by atoms with E-state index in [1.54, 1.807) is 20.8 Å². The van der Waals surface area contributed by atoms with Crippen LogP contribution in [0.3, 0.4) is 0 Å². The number of hydrogen-bond donors (Lipinski definition) is 2. The lowest BCUT2D eigenvalue weighted by Crippen LogP contribution is -2.44. The number of carbonyl (C=O) groups is 2. The van der Waals surface area contributed by atoms with Gasteiger partial charge in [-0.3, -0.25) is 0 Å². The zero-order valence-corrected chi connectivity index (χ0v) is 14.2. The molecule has 0 bridgehead atoms. The molecule has 0 saturated carbocycles. The molecule has 0 aliphatic carbocycles. The molecule has 1 atom stereocenters. The van der Waals surface area contributed by atoms with Crippen molar-refractivity contribution >= 4 is 28.0 Å². The summed E-state index contributed by atoms with van der Waals surface area (Å²) in [6, 6.07) is 4.62. The number of hydrogen-bond acceptors (Lipinski definition) is 3. The number of carboxylic acids is 1. The molecule has 0 fully saturated rings. The van der Waals surface area contributed by atoms with Crippen LogP contribution in [0.2, 0.25) is 0 Å². The van der Waals surface area contributed by atoms with Crippen LogP contribution in [0.25, 0.3) is 0 Å². The smallest absolute Gasteiger partial charge is 0.408 e. The van der Waals surface area contributed by atoms with Crippen molar-refractivity contribution in [2.45, 2.75) is 45.8 Å². The maximum absolute atomic E-state index is 11.7. The number of aliphatic carboxylic acids is 1. The van der Waals surface area contributed by atoms with E-state index in [2.05, 4.69) is 21.2 Å². The van der Waals surface area contributed by atoms with E-state index in [0.29, 0.717) is 0 Å². The quantitative estimate of drug-likeness (QED) is 0.866. The highest BCUT2D eigenvalue weighted by Crippen LogP contribution is 2.20. The van der Waals surface area contributed by atoms with Crippen LogP contribution in [0, 0.1) is 6.92 Å². The number of amides is 1. The van der Waals surface area contributed by atoms with Crippen molar-refractivity contribution in [1.29, 1.82) is 0 Å². The number of carboxylic acid groups (broad SMARTS) is 1. The normalized spacial score (nSPS) is 12.6. The fraction of sp³-hybridized carbons (Fsp3) is 0.467. The second kappa shape index (κ2) is 6.93. The molecule has 1 amide bonds. The molecule has 21 heavy (non-hydrogen) atoms. The van der Waals surface area contributed by atoms with Crippen molar-refractivity contribution in [3.8, 4) is 0 Å². The lowest BCUT2D eigenvalue weighted by Gasteiger charge is -2.22. The van der Waals surface area contributed by atoms with Gasteiger partial charge in [-0.2, -0.15) is 0 Å². The molecule has 5 nitrogen and oxygen atoms in total. The average molecular weight is 358 g/mol. The van der Waals surface area contributed by atoms with Gasteiger partial charge in [0.25, 0.3) is 0 Å². The first-order valence-electron chi connectivity index (χ1n) is 6.56. The average Bonchev–Trinajstić information content (AvgIpc) is 2.30. The van der Waals surface area contributed by atoms with E-state index in [0.717, 1.165) is 15.6 Å². The number of ether oxygens (including phenoxy) is 1.